The van der Waals surface area contributed by atoms with Crippen molar-refractivity contribution in [1.29, 1.82) is 0 Å². The van der Waals surface area contributed by atoms with Gasteiger partial charge in [0.05, 0.1) is 7.11 Å². The lowest BCUT2D eigenvalue weighted by molar-refractivity contribution is -0.0700. The minimum Gasteiger partial charge on any atom is -0.438 e. The number of methoxy groups -OCH3 is 1. The molecule has 0 saturated heterocycles. The molecule has 3 aliphatic carbocycles. The van der Waals surface area contributed by atoms with Crippen LogP contribution in [0.3, 0.4) is 0 Å². The third kappa shape index (κ3) is 6.62. The van der Waals surface area contributed by atoms with E-state index in [9.17, 15) is 4.79 Å². The Morgan fingerprint density at radius 1 is 0.828 bits per heavy atom. The van der Waals surface area contributed by atoms with Gasteiger partial charge in [-0.25, -0.2) is 4.79 Å². The van der Waals surface area contributed by atoms with E-state index < -0.39 is 6.16 Å². The summed E-state index contributed by atoms with van der Waals surface area (Å²) in [7, 11) is 1.44. The van der Waals surface area contributed by atoms with Gasteiger partial charge in [0.2, 0.25) is 0 Å². The molecule has 0 aromatic heterocycles. The molecule has 0 aromatic carbocycles. The number of ether oxygens (including phenoxy) is 2. The van der Waals surface area contributed by atoms with Gasteiger partial charge in [0.1, 0.15) is 5.60 Å². The molecule has 3 rings (SSSR count). The summed E-state index contributed by atoms with van der Waals surface area (Å²) in [5.74, 6) is 4.48. The van der Waals surface area contributed by atoms with E-state index in [4.69, 9.17) is 9.47 Å². The Labute approximate surface area is 179 Å². The zero-order valence-electron chi connectivity index (χ0n) is 19.4. The van der Waals surface area contributed by atoms with Gasteiger partial charge in [-0.15, -0.1) is 0 Å². The third-order valence-electron chi connectivity index (χ3n) is 8.81. The van der Waals surface area contributed by atoms with Gasteiger partial charge in [0.25, 0.3) is 0 Å². The van der Waals surface area contributed by atoms with Crippen molar-refractivity contribution < 1.29 is 14.3 Å². The Morgan fingerprint density at radius 2 is 1.38 bits per heavy atom. The maximum Gasteiger partial charge on any atom is 0.508 e. The molecule has 3 nitrogen and oxygen atoms in total. The van der Waals surface area contributed by atoms with Crippen LogP contribution in [0.5, 0.6) is 0 Å². The molecule has 0 atom stereocenters. The second-order valence-corrected chi connectivity index (χ2v) is 10.8. The van der Waals surface area contributed by atoms with E-state index in [1.165, 1.54) is 90.6 Å². The zero-order chi connectivity index (χ0) is 20.7. The standard InChI is InChI=1S/C26H46O3/c1-4-5-21-8-10-22(11-9-21)14-17-26(29-25(27)28-3)18-15-24(16-19-26)23-12-6-20(2)7-13-23/h20-24H,4-19H2,1-3H3. The van der Waals surface area contributed by atoms with Crippen molar-refractivity contribution in [3.63, 3.8) is 0 Å². The molecular formula is C26H46O3. The third-order valence-corrected chi connectivity index (χ3v) is 8.81. The molecule has 0 unspecified atom stereocenters. The molecule has 0 spiro atoms. The highest BCUT2D eigenvalue weighted by Crippen LogP contribution is 2.46. The second-order valence-electron chi connectivity index (χ2n) is 10.8. The lowest BCUT2D eigenvalue weighted by Crippen LogP contribution is -2.41. The molecule has 3 heteroatoms. The molecule has 0 bridgehead atoms. The highest BCUT2D eigenvalue weighted by atomic mass is 16.7. The largest absolute Gasteiger partial charge is 0.508 e. The van der Waals surface area contributed by atoms with Gasteiger partial charge in [-0.2, -0.15) is 0 Å². The first-order chi connectivity index (χ1) is 14.0. The van der Waals surface area contributed by atoms with E-state index in [0.717, 1.165) is 48.9 Å². The quantitative estimate of drug-likeness (QED) is 0.403. The molecule has 0 aromatic rings. The zero-order valence-corrected chi connectivity index (χ0v) is 19.4. The van der Waals surface area contributed by atoms with Gasteiger partial charge in [-0.05, 0) is 81.0 Å². The molecule has 168 valence electrons. The van der Waals surface area contributed by atoms with E-state index in [0.29, 0.717) is 0 Å². The Hall–Kier alpha value is -0.730. The van der Waals surface area contributed by atoms with E-state index >= 15 is 0 Å². The van der Waals surface area contributed by atoms with Crippen molar-refractivity contribution in [2.24, 2.45) is 29.6 Å². The number of carbonyl (C=O) groups excluding carboxylic acids is 1. The first-order valence-electron chi connectivity index (χ1n) is 12.8. The van der Waals surface area contributed by atoms with Crippen LogP contribution in [0.4, 0.5) is 4.79 Å². The van der Waals surface area contributed by atoms with Crippen LogP contribution in [-0.2, 0) is 9.47 Å². The van der Waals surface area contributed by atoms with Crippen molar-refractivity contribution in [1.82, 2.24) is 0 Å². The first kappa shape index (κ1) is 22.9. The Bertz CT molecular complexity index is 478. The molecule has 3 saturated carbocycles. The van der Waals surface area contributed by atoms with Gasteiger partial charge in [0.15, 0.2) is 0 Å². The predicted octanol–water partition coefficient (Wildman–Crippen LogP) is 7.91. The maximum atomic E-state index is 12.0. The van der Waals surface area contributed by atoms with Gasteiger partial charge >= 0.3 is 6.16 Å². The van der Waals surface area contributed by atoms with Gasteiger partial charge in [0, 0.05) is 0 Å². The molecule has 0 N–H and O–H groups in total. The van der Waals surface area contributed by atoms with Crippen LogP contribution in [-0.4, -0.2) is 18.9 Å². The van der Waals surface area contributed by atoms with E-state index in [2.05, 4.69) is 13.8 Å². The molecule has 0 heterocycles. The number of hydrogen-bond donors (Lipinski definition) is 0. The van der Waals surface area contributed by atoms with Gasteiger partial charge in [-0.1, -0.05) is 65.2 Å². The second kappa shape index (κ2) is 11.0. The summed E-state index contributed by atoms with van der Waals surface area (Å²) in [4.78, 5) is 12.0. The summed E-state index contributed by atoms with van der Waals surface area (Å²) >= 11 is 0. The first-order valence-corrected chi connectivity index (χ1v) is 12.8. The van der Waals surface area contributed by atoms with Crippen LogP contribution in [0, 0.1) is 29.6 Å². The van der Waals surface area contributed by atoms with Gasteiger partial charge in [-0.3, -0.25) is 0 Å². The topological polar surface area (TPSA) is 35.5 Å². The number of rotatable bonds is 7. The van der Waals surface area contributed by atoms with Crippen molar-refractivity contribution in [2.45, 2.75) is 122 Å². The highest BCUT2D eigenvalue weighted by molar-refractivity contribution is 5.60. The minimum absolute atomic E-state index is 0.258. The van der Waals surface area contributed by atoms with Crippen LogP contribution in [0.15, 0.2) is 0 Å². The average molecular weight is 407 g/mol. The van der Waals surface area contributed by atoms with Crippen LogP contribution >= 0.6 is 0 Å². The molecule has 0 amide bonds. The van der Waals surface area contributed by atoms with E-state index in [1.807, 2.05) is 0 Å². The monoisotopic (exact) mass is 406 g/mol. The van der Waals surface area contributed by atoms with Crippen LogP contribution < -0.4 is 0 Å². The van der Waals surface area contributed by atoms with Crippen molar-refractivity contribution in [2.75, 3.05) is 7.11 Å². The van der Waals surface area contributed by atoms with Crippen LogP contribution in [0.25, 0.3) is 0 Å². The summed E-state index contributed by atoms with van der Waals surface area (Å²) in [6.45, 7) is 4.71. The minimum atomic E-state index is -0.471. The van der Waals surface area contributed by atoms with Crippen molar-refractivity contribution >= 4 is 6.16 Å². The van der Waals surface area contributed by atoms with E-state index in [-0.39, 0.29) is 5.60 Å². The normalized spacial score (nSPS) is 38.4. The summed E-state index contributed by atoms with van der Waals surface area (Å²) in [6.07, 6.45) is 20.3. The Kier molecular flexibility index (Phi) is 8.74. The fourth-order valence-corrected chi connectivity index (χ4v) is 6.70. The fraction of sp³-hybridized carbons (Fsp3) is 0.962. The number of hydrogen-bond acceptors (Lipinski definition) is 3. The molecule has 3 aliphatic rings. The summed E-state index contributed by atoms with van der Waals surface area (Å²) in [5.41, 5.74) is -0.258. The molecule has 0 radical (unpaired) electrons. The van der Waals surface area contributed by atoms with Crippen molar-refractivity contribution in [3.8, 4) is 0 Å². The average Bonchev–Trinajstić information content (AvgIpc) is 2.75. The Morgan fingerprint density at radius 3 is 1.93 bits per heavy atom. The Balaban J connectivity index is 1.50. The molecule has 29 heavy (non-hydrogen) atoms. The molecular weight excluding hydrogens is 360 g/mol. The van der Waals surface area contributed by atoms with Crippen molar-refractivity contribution in [3.05, 3.63) is 0 Å². The number of carbonyl (C=O) groups is 1. The van der Waals surface area contributed by atoms with Crippen LogP contribution in [0.1, 0.15) is 117 Å². The van der Waals surface area contributed by atoms with Crippen LogP contribution in [0.2, 0.25) is 0 Å². The smallest absolute Gasteiger partial charge is 0.438 e. The summed E-state index contributed by atoms with van der Waals surface area (Å²) in [5, 5.41) is 0. The summed E-state index contributed by atoms with van der Waals surface area (Å²) < 4.78 is 10.9. The molecule has 3 fully saturated rings. The highest BCUT2D eigenvalue weighted by Gasteiger charge is 2.41. The predicted molar refractivity (Wildman–Crippen MR) is 119 cm³/mol. The summed E-state index contributed by atoms with van der Waals surface area (Å²) in [6, 6.07) is 0. The lowest BCUT2D eigenvalue weighted by atomic mass is 9.67. The fourth-order valence-electron chi connectivity index (χ4n) is 6.70. The van der Waals surface area contributed by atoms with Gasteiger partial charge < -0.3 is 9.47 Å². The lowest BCUT2D eigenvalue weighted by Gasteiger charge is -2.43. The maximum absolute atomic E-state index is 12.0. The molecule has 0 aliphatic heterocycles. The van der Waals surface area contributed by atoms with E-state index in [1.54, 1.807) is 0 Å². The SMILES string of the molecule is CCCC1CCC(CCC2(OC(=O)OC)CCC(C3CCC(C)CC3)CC2)CC1.